The molecule has 0 fully saturated rings. The van der Waals surface area contributed by atoms with Crippen LogP contribution < -0.4 is 5.32 Å². The summed E-state index contributed by atoms with van der Waals surface area (Å²) in [4.78, 5) is 14.8. The number of nitrogens with one attached hydrogen (secondary N) is 1. The number of benzene rings is 3. The number of aryl methyl sites for hydroxylation is 1. The molecule has 0 bridgehead atoms. The molecule has 0 atom stereocenters. The fourth-order valence-corrected chi connectivity index (χ4v) is 2.88. The van der Waals surface area contributed by atoms with Gasteiger partial charge in [-0.1, -0.05) is 79.7 Å². The first-order valence-corrected chi connectivity index (χ1v) is 8.97. The minimum absolute atomic E-state index is 0.0917. The normalized spacial score (nSPS) is 10.3. The summed E-state index contributed by atoms with van der Waals surface area (Å²) in [5, 5.41) is 3.04. The van der Waals surface area contributed by atoms with Gasteiger partial charge < -0.3 is 10.2 Å². The van der Waals surface area contributed by atoms with Crippen molar-refractivity contribution < 1.29 is 4.79 Å². The second-order valence-corrected chi connectivity index (χ2v) is 6.31. The maximum absolute atomic E-state index is 12.9. The first-order chi connectivity index (χ1) is 12.7. The number of hydrogen-bond acceptors (Lipinski definition) is 1. The van der Waals surface area contributed by atoms with E-state index in [0.29, 0.717) is 13.1 Å². The highest BCUT2D eigenvalue weighted by Crippen LogP contribution is 2.15. The van der Waals surface area contributed by atoms with E-state index in [2.05, 4.69) is 18.3 Å². The van der Waals surface area contributed by atoms with E-state index in [1.165, 1.54) is 5.56 Å². The molecule has 0 aromatic heterocycles. The minimum atomic E-state index is -0.0917. The monoisotopic (exact) mass is 344 g/mol. The molecule has 0 aliphatic heterocycles. The van der Waals surface area contributed by atoms with Crippen LogP contribution in [0.5, 0.6) is 0 Å². The minimum Gasteiger partial charge on any atom is -0.316 e. The van der Waals surface area contributed by atoms with Crippen molar-refractivity contribution in [2.45, 2.75) is 26.4 Å². The quantitative estimate of drug-likeness (QED) is 0.630. The molecule has 3 rings (SSSR count). The van der Waals surface area contributed by atoms with Gasteiger partial charge in [0.1, 0.15) is 0 Å². The SMILES string of the molecule is CCc1cccc(NC(=O)N(Cc2ccccc2)Cc2ccccc2)c1. The number of urea groups is 1. The van der Waals surface area contributed by atoms with E-state index in [9.17, 15) is 4.79 Å². The third-order valence-corrected chi connectivity index (χ3v) is 4.31. The molecule has 2 amide bonds. The van der Waals surface area contributed by atoms with Crippen molar-refractivity contribution in [2.24, 2.45) is 0 Å². The molecule has 3 aromatic carbocycles. The zero-order valence-electron chi connectivity index (χ0n) is 15.1. The van der Waals surface area contributed by atoms with E-state index < -0.39 is 0 Å². The summed E-state index contributed by atoms with van der Waals surface area (Å²) in [6, 6.07) is 28.1. The van der Waals surface area contributed by atoms with Crippen molar-refractivity contribution in [1.82, 2.24) is 4.90 Å². The van der Waals surface area contributed by atoms with E-state index >= 15 is 0 Å². The summed E-state index contributed by atoms with van der Waals surface area (Å²) in [6.07, 6.45) is 0.946. The van der Waals surface area contributed by atoms with Gasteiger partial charge in [-0.05, 0) is 35.2 Å². The molecule has 132 valence electrons. The Balaban J connectivity index is 1.77. The highest BCUT2D eigenvalue weighted by molar-refractivity contribution is 5.89. The van der Waals surface area contributed by atoms with Gasteiger partial charge in [-0.15, -0.1) is 0 Å². The molecule has 0 unspecified atom stereocenters. The van der Waals surface area contributed by atoms with Gasteiger partial charge in [0, 0.05) is 18.8 Å². The fraction of sp³-hybridized carbons (Fsp3) is 0.174. The van der Waals surface area contributed by atoms with Crippen molar-refractivity contribution in [1.29, 1.82) is 0 Å². The summed E-state index contributed by atoms with van der Waals surface area (Å²) >= 11 is 0. The number of anilines is 1. The van der Waals surface area contributed by atoms with Gasteiger partial charge in [-0.2, -0.15) is 0 Å². The summed E-state index contributed by atoms with van der Waals surface area (Å²) in [6.45, 7) is 3.24. The number of amides is 2. The van der Waals surface area contributed by atoms with Crippen molar-refractivity contribution in [3.63, 3.8) is 0 Å². The molecule has 0 radical (unpaired) electrons. The van der Waals surface area contributed by atoms with Crippen molar-refractivity contribution in [3.8, 4) is 0 Å². The lowest BCUT2D eigenvalue weighted by molar-refractivity contribution is 0.206. The van der Waals surface area contributed by atoms with Gasteiger partial charge in [0.05, 0.1) is 0 Å². The Bertz CT molecular complexity index is 790. The number of nitrogens with zero attached hydrogens (tertiary/aromatic N) is 1. The molecule has 0 heterocycles. The number of rotatable bonds is 6. The van der Waals surface area contributed by atoms with Gasteiger partial charge in [-0.25, -0.2) is 4.79 Å². The number of carbonyl (C=O) groups is 1. The molecule has 3 heteroatoms. The van der Waals surface area contributed by atoms with Crippen molar-refractivity contribution in [2.75, 3.05) is 5.32 Å². The molecule has 0 aliphatic carbocycles. The van der Waals surface area contributed by atoms with Gasteiger partial charge in [0.2, 0.25) is 0 Å². The van der Waals surface area contributed by atoms with Crippen LogP contribution in [-0.4, -0.2) is 10.9 Å². The first-order valence-electron chi connectivity index (χ1n) is 8.97. The standard InChI is InChI=1S/C23H24N2O/c1-2-19-14-9-15-22(16-19)24-23(26)25(17-20-10-5-3-6-11-20)18-21-12-7-4-8-13-21/h3-16H,2,17-18H2,1H3,(H,24,26). The second kappa shape index (κ2) is 8.86. The second-order valence-electron chi connectivity index (χ2n) is 6.31. The van der Waals surface area contributed by atoms with Crippen molar-refractivity contribution >= 4 is 11.7 Å². The zero-order valence-corrected chi connectivity index (χ0v) is 15.1. The molecular formula is C23H24N2O. The molecule has 26 heavy (non-hydrogen) atoms. The molecular weight excluding hydrogens is 320 g/mol. The predicted octanol–water partition coefficient (Wildman–Crippen LogP) is 5.48. The van der Waals surface area contributed by atoms with E-state index in [0.717, 1.165) is 23.2 Å². The average molecular weight is 344 g/mol. The van der Waals surface area contributed by atoms with E-state index in [1.807, 2.05) is 83.8 Å². The Hall–Kier alpha value is -3.07. The van der Waals surface area contributed by atoms with Gasteiger partial charge >= 0.3 is 6.03 Å². The van der Waals surface area contributed by atoms with E-state index in [4.69, 9.17) is 0 Å². The van der Waals surface area contributed by atoms with E-state index in [-0.39, 0.29) is 6.03 Å². The summed E-state index contributed by atoms with van der Waals surface area (Å²) in [5.41, 5.74) is 4.27. The summed E-state index contributed by atoms with van der Waals surface area (Å²) in [7, 11) is 0. The maximum atomic E-state index is 12.9. The van der Waals surface area contributed by atoms with Gasteiger partial charge in [0.25, 0.3) is 0 Å². The first kappa shape index (κ1) is 17.7. The largest absolute Gasteiger partial charge is 0.322 e. The topological polar surface area (TPSA) is 32.3 Å². The maximum Gasteiger partial charge on any atom is 0.322 e. The average Bonchev–Trinajstić information content (AvgIpc) is 2.69. The number of hydrogen-bond donors (Lipinski definition) is 1. The van der Waals surface area contributed by atoms with Crippen LogP contribution in [0.4, 0.5) is 10.5 Å². The lowest BCUT2D eigenvalue weighted by Gasteiger charge is -2.23. The molecule has 0 saturated heterocycles. The lowest BCUT2D eigenvalue weighted by Crippen LogP contribution is -2.34. The predicted molar refractivity (Wildman–Crippen MR) is 107 cm³/mol. The van der Waals surface area contributed by atoms with Crippen LogP contribution in [0.25, 0.3) is 0 Å². The molecule has 3 nitrogen and oxygen atoms in total. The van der Waals surface area contributed by atoms with Crippen LogP contribution in [0.1, 0.15) is 23.6 Å². The smallest absolute Gasteiger partial charge is 0.316 e. The lowest BCUT2D eigenvalue weighted by atomic mass is 10.1. The zero-order chi connectivity index (χ0) is 18.2. The molecule has 3 aromatic rings. The van der Waals surface area contributed by atoms with Crippen LogP contribution in [0, 0.1) is 0 Å². The highest BCUT2D eigenvalue weighted by atomic mass is 16.2. The summed E-state index contributed by atoms with van der Waals surface area (Å²) in [5.74, 6) is 0. The Labute approximate surface area is 155 Å². The molecule has 0 spiro atoms. The molecule has 0 saturated carbocycles. The fourth-order valence-electron chi connectivity index (χ4n) is 2.88. The Kier molecular flexibility index (Phi) is 6.05. The third-order valence-electron chi connectivity index (χ3n) is 4.31. The molecule has 1 N–H and O–H groups in total. The van der Waals surface area contributed by atoms with Crippen LogP contribution >= 0.6 is 0 Å². The van der Waals surface area contributed by atoms with Crippen molar-refractivity contribution in [3.05, 3.63) is 102 Å². The van der Waals surface area contributed by atoms with Crippen LogP contribution in [0.3, 0.4) is 0 Å². The van der Waals surface area contributed by atoms with Gasteiger partial charge in [-0.3, -0.25) is 0 Å². The third kappa shape index (κ3) is 4.96. The number of carbonyl (C=O) groups excluding carboxylic acids is 1. The Morgan fingerprint density at radius 1 is 0.769 bits per heavy atom. The Morgan fingerprint density at radius 2 is 1.31 bits per heavy atom. The van der Waals surface area contributed by atoms with Crippen LogP contribution in [-0.2, 0) is 19.5 Å². The highest BCUT2D eigenvalue weighted by Gasteiger charge is 2.15. The summed E-state index contributed by atoms with van der Waals surface area (Å²) < 4.78 is 0. The van der Waals surface area contributed by atoms with Gasteiger partial charge in [0.15, 0.2) is 0 Å². The van der Waals surface area contributed by atoms with E-state index in [1.54, 1.807) is 0 Å². The molecule has 0 aliphatic rings. The van der Waals surface area contributed by atoms with Crippen LogP contribution in [0.15, 0.2) is 84.9 Å². The van der Waals surface area contributed by atoms with Crippen LogP contribution in [0.2, 0.25) is 0 Å². The Morgan fingerprint density at radius 3 is 1.85 bits per heavy atom.